The standard InChI is InChI=1S/C6H8O4.C5H14N2O2.Pt/c7-4(8)6(5(9)10)2-1-3-6;6-1-5(2-7,3-8)4-9;/h1-3H2,(H,7,8)(H,9,10);8-9H,1-4,6-7H2;. The number of aliphatic hydroxyl groups excluding tert-OH is 2. The molecule has 1 aliphatic carbocycles. The maximum absolute atomic E-state index is 10.4. The van der Waals surface area contributed by atoms with Crippen LogP contribution in [0.25, 0.3) is 0 Å². The van der Waals surface area contributed by atoms with E-state index in [1.54, 1.807) is 0 Å². The molecule has 9 heteroatoms. The van der Waals surface area contributed by atoms with Gasteiger partial charge in [0.2, 0.25) is 0 Å². The first-order valence-electron chi connectivity index (χ1n) is 5.93. The van der Waals surface area contributed by atoms with Crippen molar-refractivity contribution in [3.05, 3.63) is 0 Å². The monoisotopic (exact) mass is 473 g/mol. The van der Waals surface area contributed by atoms with E-state index in [1.165, 1.54) is 0 Å². The van der Waals surface area contributed by atoms with Crippen LogP contribution in [0.1, 0.15) is 19.3 Å². The summed E-state index contributed by atoms with van der Waals surface area (Å²) in [5, 5.41) is 34.3. The number of hydrogen-bond donors (Lipinski definition) is 6. The normalized spacial score (nSPS) is 16.0. The van der Waals surface area contributed by atoms with Crippen molar-refractivity contribution in [3.8, 4) is 0 Å². The van der Waals surface area contributed by atoms with E-state index in [-0.39, 0.29) is 60.2 Å². The summed E-state index contributed by atoms with van der Waals surface area (Å²) >= 11 is 0. The molecule has 0 aromatic rings. The molecule has 0 bridgehead atoms. The van der Waals surface area contributed by atoms with Crippen molar-refractivity contribution in [2.75, 3.05) is 26.3 Å². The van der Waals surface area contributed by atoms with Gasteiger partial charge in [-0.05, 0) is 19.3 Å². The third kappa shape index (κ3) is 4.78. The van der Waals surface area contributed by atoms with E-state index in [4.69, 9.17) is 31.9 Å². The molecule has 0 saturated heterocycles. The van der Waals surface area contributed by atoms with Crippen LogP contribution >= 0.6 is 0 Å². The summed E-state index contributed by atoms with van der Waals surface area (Å²) in [6, 6.07) is 0. The molecular weight excluding hydrogens is 451 g/mol. The van der Waals surface area contributed by atoms with E-state index < -0.39 is 22.8 Å². The van der Waals surface area contributed by atoms with Crippen LogP contribution in [0, 0.1) is 10.8 Å². The molecule has 8 nitrogen and oxygen atoms in total. The van der Waals surface area contributed by atoms with Gasteiger partial charge in [-0.3, -0.25) is 9.59 Å². The fourth-order valence-electron chi connectivity index (χ4n) is 1.44. The van der Waals surface area contributed by atoms with Gasteiger partial charge in [-0.25, -0.2) is 0 Å². The van der Waals surface area contributed by atoms with Crippen molar-refractivity contribution in [1.29, 1.82) is 0 Å². The first-order chi connectivity index (χ1) is 8.84. The summed E-state index contributed by atoms with van der Waals surface area (Å²) < 4.78 is 0. The van der Waals surface area contributed by atoms with E-state index in [0.29, 0.717) is 6.42 Å². The minimum absolute atomic E-state index is 0. The van der Waals surface area contributed by atoms with E-state index in [2.05, 4.69) is 0 Å². The maximum Gasteiger partial charge on any atom is 0.321 e. The molecule has 0 atom stereocenters. The van der Waals surface area contributed by atoms with Crippen LogP contribution in [-0.4, -0.2) is 58.7 Å². The number of nitrogens with two attached hydrogens (primary N) is 2. The van der Waals surface area contributed by atoms with Gasteiger partial charge in [0.25, 0.3) is 0 Å². The third-order valence-corrected chi connectivity index (χ3v) is 3.56. The zero-order valence-electron chi connectivity index (χ0n) is 11.0. The Balaban J connectivity index is 0. The van der Waals surface area contributed by atoms with Crippen molar-refractivity contribution in [2.24, 2.45) is 22.3 Å². The van der Waals surface area contributed by atoms with Crippen LogP contribution in [0.15, 0.2) is 0 Å². The molecule has 0 aromatic carbocycles. The third-order valence-electron chi connectivity index (χ3n) is 3.56. The number of aliphatic hydroxyl groups is 2. The van der Waals surface area contributed by atoms with Crippen LogP contribution in [-0.2, 0) is 30.7 Å². The summed E-state index contributed by atoms with van der Waals surface area (Å²) in [5.41, 5.74) is 8.37. The van der Waals surface area contributed by atoms with Crippen molar-refractivity contribution in [1.82, 2.24) is 0 Å². The van der Waals surface area contributed by atoms with E-state index in [1.807, 2.05) is 0 Å². The Labute approximate surface area is 131 Å². The Kier molecular flexibility index (Phi) is 10.2. The molecule has 1 rings (SSSR count). The Morgan fingerprint density at radius 2 is 1.35 bits per heavy atom. The Bertz CT molecular complexity index is 285. The van der Waals surface area contributed by atoms with Gasteiger partial charge in [0.1, 0.15) is 0 Å². The number of carboxylic acid groups (broad SMARTS) is 2. The Morgan fingerprint density at radius 3 is 1.35 bits per heavy atom. The average Bonchev–Trinajstić information content (AvgIpc) is 2.31. The SMILES string of the molecule is NCC(CN)(CO)CO.O=C(O)C1(C(=O)O)CCC1.[Pt]. The summed E-state index contributed by atoms with van der Waals surface area (Å²) in [6.45, 7) is 0.125. The van der Waals surface area contributed by atoms with Crippen molar-refractivity contribution in [2.45, 2.75) is 19.3 Å². The molecule has 20 heavy (non-hydrogen) atoms. The van der Waals surface area contributed by atoms with Crippen molar-refractivity contribution >= 4 is 11.9 Å². The molecule has 0 amide bonds. The zero-order chi connectivity index (χ0) is 15.1. The minimum atomic E-state index is -1.44. The first kappa shape index (κ1) is 21.8. The summed E-state index contributed by atoms with van der Waals surface area (Å²) in [7, 11) is 0. The van der Waals surface area contributed by atoms with Gasteiger partial charge in [-0.15, -0.1) is 0 Å². The number of carboxylic acids is 2. The molecular formula is C11H22N2O6Pt. The quantitative estimate of drug-likeness (QED) is 0.246. The predicted molar refractivity (Wildman–Crippen MR) is 66.3 cm³/mol. The van der Waals surface area contributed by atoms with Crippen molar-refractivity contribution in [3.63, 3.8) is 0 Å². The molecule has 0 radical (unpaired) electrons. The average molecular weight is 473 g/mol. The zero-order valence-corrected chi connectivity index (χ0v) is 13.3. The first-order valence-corrected chi connectivity index (χ1v) is 5.93. The molecule has 8 N–H and O–H groups in total. The molecule has 1 aliphatic rings. The van der Waals surface area contributed by atoms with Gasteiger partial charge in [-0.1, -0.05) is 0 Å². The predicted octanol–water partition coefficient (Wildman–Crippen LogP) is -1.80. The van der Waals surface area contributed by atoms with Crippen LogP contribution in [0.5, 0.6) is 0 Å². The van der Waals surface area contributed by atoms with Gasteiger partial charge in [-0.2, -0.15) is 0 Å². The molecule has 1 fully saturated rings. The van der Waals surface area contributed by atoms with Crippen LogP contribution in [0.2, 0.25) is 0 Å². The van der Waals surface area contributed by atoms with Gasteiger partial charge >= 0.3 is 11.9 Å². The molecule has 0 aliphatic heterocycles. The van der Waals surface area contributed by atoms with Gasteiger partial charge < -0.3 is 31.9 Å². The summed E-state index contributed by atoms with van der Waals surface area (Å²) in [4.78, 5) is 20.7. The molecule has 0 unspecified atom stereocenters. The van der Waals surface area contributed by atoms with Gasteiger partial charge in [0.05, 0.1) is 13.2 Å². The van der Waals surface area contributed by atoms with Crippen molar-refractivity contribution < 1.29 is 51.1 Å². The second-order valence-corrected chi connectivity index (χ2v) is 4.77. The fraction of sp³-hybridized carbons (Fsp3) is 0.818. The second kappa shape index (κ2) is 9.41. The smallest absolute Gasteiger partial charge is 0.321 e. The molecule has 122 valence electrons. The van der Waals surface area contributed by atoms with E-state index >= 15 is 0 Å². The molecule has 0 aromatic heterocycles. The topological polar surface area (TPSA) is 167 Å². The van der Waals surface area contributed by atoms with E-state index in [9.17, 15) is 9.59 Å². The maximum atomic E-state index is 10.4. The van der Waals surface area contributed by atoms with Crippen LogP contribution in [0.4, 0.5) is 0 Å². The van der Waals surface area contributed by atoms with Gasteiger partial charge in [0.15, 0.2) is 5.41 Å². The number of rotatable bonds is 6. The number of aliphatic carboxylic acids is 2. The minimum Gasteiger partial charge on any atom is -0.480 e. The summed E-state index contributed by atoms with van der Waals surface area (Å²) in [6.07, 6.45) is 1.26. The Hall–Kier alpha value is -0.532. The van der Waals surface area contributed by atoms with Gasteiger partial charge in [0, 0.05) is 39.6 Å². The number of carbonyl (C=O) groups is 2. The fourth-order valence-corrected chi connectivity index (χ4v) is 1.44. The number of hydrogen-bond acceptors (Lipinski definition) is 6. The Morgan fingerprint density at radius 1 is 1.00 bits per heavy atom. The van der Waals surface area contributed by atoms with Crippen LogP contribution in [0.3, 0.4) is 0 Å². The molecule has 0 heterocycles. The molecule has 1 saturated carbocycles. The molecule has 0 spiro atoms. The van der Waals surface area contributed by atoms with Crippen LogP contribution < -0.4 is 11.5 Å². The second-order valence-electron chi connectivity index (χ2n) is 4.77. The largest absolute Gasteiger partial charge is 0.480 e. The van der Waals surface area contributed by atoms with E-state index in [0.717, 1.165) is 0 Å². The summed E-state index contributed by atoms with van der Waals surface area (Å²) in [5.74, 6) is -2.41.